The van der Waals surface area contributed by atoms with Gasteiger partial charge in [-0.05, 0) is 38.0 Å². The minimum absolute atomic E-state index is 0.153. The number of aryl methyl sites for hydroxylation is 2. The molecule has 3 rings (SSSR count). The van der Waals surface area contributed by atoms with E-state index in [1.165, 1.54) is 12.5 Å². The quantitative estimate of drug-likeness (QED) is 0.926. The summed E-state index contributed by atoms with van der Waals surface area (Å²) in [5.74, 6) is 0.570. The second kappa shape index (κ2) is 6.57. The van der Waals surface area contributed by atoms with Gasteiger partial charge in [0.05, 0.1) is 17.8 Å². The molecule has 1 fully saturated rings. The van der Waals surface area contributed by atoms with Crippen molar-refractivity contribution in [1.29, 1.82) is 0 Å². The summed E-state index contributed by atoms with van der Waals surface area (Å²) in [6, 6.07) is 7.68. The van der Waals surface area contributed by atoms with Gasteiger partial charge in [-0.2, -0.15) is 0 Å². The summed E-state index contributed by atoms with van der Waals surface area (Å²) in [6.45, 7) is 4.65. The van der Waals surface area contributed by atoms with Crippen LogP contribution >= 0.6 is 0 Å². The molecule has 1 aliphatic heterocycles. The van der Waals surface area contributed by atoms with Crippen LogP contribution in [-0.4, -0.2) is 51.2 Å². The summed E-state index contributed by atoms with van der Waals surface area (Å²) in [7, 11) is 0. The SMILES string of the molecule is Cc1cccc(OCC2(O)CCN(C(=O)c3cncnc3C)C2)c1. The maximum absolute atomic E-state index is 12.6. The van der Waals surface area contributed by atoms with E-state index in [4.69, 9.17) is 4.74 Å². The molecule has 1 N–H and O–H groups in total. The summed E-state index contributed by atoms with van der Waals surface area (Å²) in [5.41, 5.74) is 1.17. The molecule has 1 saturated heterocycles. The Hall–Kier alpha value is -2.47. The lowest BCUT2D eigenvalue weighted by atomic mass is 10.1. The number of aliphatic hydroxyl groups is 1. The zero-order chi connectivity index (χ0) is 17.2. The number of aromatic nitrogens is 2. The van der Waals surface area contributed by atoms with Gasteiger partial charge < -0.3 is 14.7 Å². The van der Waals surface area contributed by atoms with E-state index in [9.17, 15) is 9.90 Å². The first kappa shape index (κ1) is 16.4. The van der Waals surface area contributed by atoms with E-state index in [2.05, 4.69) is 9.97 Å². The molecule has 2 heterocycles. The third-order valence-corrected chi connectivity index (χ3v) is 4.26. The number of ether oxygens (including phenoxy) is 1. The normalized spacial score (nSPS) is 20.2. The van der Waals surface area contributed by atoms with Gasteiger partial charge in [0.15, 0.2) is 0 Å². The van der Waals surface area contributed by atoms with Crippen molar-refractivity contribution in [3.05, 3.63) is 53.6 Å². The molecule has 0 bridgehead atoms. The molecule has 0 radical (unpaired) electrons. The summed E-state index contributed by atoms with van der Waals surface area (Å²) < 4.78 is 5.72. The van der Waals surface area contributed by atoms with Crippen molar-refractivity contribution >= 4 is 5.91 Å². The Morgan fingerprint density at radius 3 is 3.00 bits per heavy atom. The zero-order valence-corrected chi connectivity index (χ0v) is 13.9. The topological polar surface area (TPSA) is 75.6 Å². The monoisotopic (exact) mass is 327 g/mol. The molecule has 0 saturated carbocycles. The number of hydrogen-bond donors (Lipinski definition) is 1. The molecule has 1 amide bonds. The van der Waals surface area contributed by atoms with Crippen LogP contribution in [0.5, 0.6) is 5.75 Å². The zero-order valence-electron chi connectivity index (χ0n) is 13.9. The van der Waals surface area contributed by atoms with Crippen molar-refractivity contribution in [3.8, 4) is 5.75 Å². The number of nitrogens with zero attached hydrogens (tertiary/aromatic N) is 3. The average molecular weight is 327 g/mol. The van der Waals surface area contributed by atoms with E-state index in [0.29, 0.717) is 24.2 Å². The van der Waals surface area contributed by atoms with Gasteiger partial charge in [-0.15, -0.1) is 0 Å². The fourth-order valence-corrected chi connectivity index (χ4v) is 2.84. The van der Waals surface area contributed by atoms with Gasteiger partial charge >= 0.3 is 0 Å². The molecule has 0 aliphatic carbocycles. The second-order valence-corrected chi connectivity index (χ2v) is 6.33. The minimum Gasteiger partial charge on any atom is -0.491 e. The Kier molecular flexibility index (Phi) is 4.49. The Balaban J connectivity index is 1.63. The smallest absolute Gasteiger partial charge is 0.257 e. The highest BCUT2D eigenvalue weighted by Gasteiger charge is 2.39. The first-order valence-corrected chi connectivity index (χ1v) is 7.95. The fraction of sp³-hybridized carbons (Fsp3) is 0.389. The lowest BCUT2D eigenvalue weighted by Crippen LogP contribution is -2.40. The van der Waals surface area contributed by atoms with E-state index in [1.54, 1.807) is 11.8 Å². The molecule has 2 aromatic rings. The highest BCUT2D eigenvalue weighted by molar-refractivity contribution is 5.95. The van der Waals surface area contributed by atoms with Crippen molar-refractivity contribution in [2.24, 2.45) is 0 Å². The van der Waals surface area contributed by atoms with Gasteiger partial charge in [0.25, 0.3) is 5.91 Å². The molecular formula is C18H21N3O3. The first-order chi connectivity index (χ1) is 11.5. The largest absolute Gasteiger partial charge is 0.491 e. The standard InChI is InChI=1S/C18H21N3O3/c1-13-4-3-5-15(8-13)24-11-18(23)6-7-21(10-18)17(22)16-9-19-12-20-14(16)2/h3-5,8-9,12,23H,6-7,10-11H2,1-2H3. The maximum atomic E-state index is 12.6. The van der Waals surface area contributed by atoms with Gasteiger partial charge in [0.1, 0.15) is 24.3 Å². The van der Waals surface area contributed by atoms with Gasteiger partial charge in [0, 0.05) is 12.7 Å². The summed E-state index contributed by atoms with van der Waals surface area (Å²) in [4.78, 5) is 22.2. The maximum Gasteiger partial charge on any atom is 0.257 e. The number of carbonyl (C=O) groups is 1. The van der Waals surface area contributed by atoms with Crippen LogP contribution < -0.4 is 4.74 Å². The van der Waals surface area contributed by atoms with Crippen molar-refractivity contribution in [3.63, 3.8) is 0 Å². The summed E-state index contributed by atoms with van der Waals surface area (Å²) in [5, 5.41) is 10.7. The molecule has 1 aromatic carbocycles. The summed E-state index contributed by atoms with van der Waals surface area (Å²) in [6.07, 6.45) is 3.42. The number of amides is 1. The van der Waals surface area contributed by atoms with Crippen LogP contribution in [-0.2, 0) is 0 Å². The average Bonchev–Trinajstić information content (AvgIpc) is 2.96. The third kappa shape index (κ3) is 3.54. The van der Waals surface area contributed by atoms with Crippen molar-refractivity contribution < 1.29 is 14.6 Å². The summed E-state index contributed by atoms with van der Waals surface area (Å²) >= 11 is 0. The number of hydrogen-bond acceptors (Lipinski definition) is 5. The van der Waals surface area contributed by atoms with Crippen LogP contribution in [0.4, 0.5) is 0 Å². The fourth-order valence-electron chi connectivity index (χ4n) is 2.84. The molecule has 1 unspecified atom stereocenters. The van der Waals surface area contributed by atoms with E-state index in [1.807, 2.05) is 31.2 Å². The van der Waals surface area contributed by atoms with Crippen LogP contribution in [0.15, 0.2) is 36.8 Å². The van der Waals surface area contributed by atoms with E-state index in [0.717, 1.165) is 11.3 Å². The van der Waals surface area contributed by atoms with Gasteiger partial charge in [-0.3, -0.25) is 4.79 Å². The molecule has 24 heavy (non-hydrogen) atoms. The van der Waals surface area contributed by atoms with Gasteiger partial charge in [0.2, 0.25) is 0 Å². The van der Waals surface area contributed by atoms with E-state index >= 15 is 0 Å². The molecule has 0 spiro atoms. The number of β-amino-alcohol motifs (C(OH)–C–C–N with tert-alkyl or cyclic N) is 1. The molecule has 126 valence electrons. The molecule has 1 aromatic heterocycles. The van der Waals surface area contributed by atoms with E-state index in [-0.39, 0.29) is 19.1 Å². The van der Waals surface area contributed by atoms with Crippen LogP contribution in [0.25, 0.3) is 0 Å². The number of benzene rings is 1. The minimum atomic E-state index is -1.04. The third-order valence-electron chi connectivity index (χ3n) is 4.26. The van der Waals surface area contributed by atoms with Crippen LogP contribution in [0, 0.1) is 13.8 Å². The van der Waals surface area contributed by atoms with Crippen LogP contribution in [0.3, 0.4) is 0 Å². The number of likely N-dealkylation sites (tertiary alicyclic amines) is 1. The van der Waals surface area contributed by atoms with Crippen molar-refractivity contribution in [1.82, 2.24) is 14.9 Å². The Morgan fingerprint density at radius 2 is 2.25 bits per heavy atom. The molecule has 1 aliphatic rings. The lowest BCUT2D eigenvalue weighted by molar-refractivity contribution is 0.00427. The number of rotatable bonds is 4. The molecular weight excluding hydrogens is 306 g/mol. The Labute approximate surface area is 141 Å². The van der Waals surface area contributed by atoms with E-state index < -0.39 is 5.60 Å². The number of carbonyl (C=O) groups excluding carboxylic acids is 1. The predicted molar refractivity (Wildman–Crippen MR) is 88.9 cm³/mol. The molecule has 6 heteroatoms. The second-order valence-electron chi connectivity index (χ2n) is 6.33. The van der Waals surface area contributed by atoms with Crippen molar-refractivity contribution in [2.75, 3.05) is 19.7 Å². The van der Waals surface area contributed by atoms with Crippen molar-refractivity contribution in [2.45, 2.75) is 25.9 Å². The molecule has 1 atom stereocenters. The Morgan fingerprint density at radius 1 is 1.42 bits per heavy atom. The van der Waals surface area contributed by atoms with Gasteiger partial charge in [-0.25, -0.2) is 9.97 Å². The Bertz CT molecular complexity index is 750. The highest BCUT2D eigenvalue weighted by Crippen LogP contribution is 2.25. The van der Waals surface area contributed by atoms with Crippen LogP contribution in [0.2, 0.25) is 0 Å². The predicted octanol–water partition coefficient (Wildman–Crippen LogP) is 1.75. The van der Waals surface area contributed by atoms with Crippen LogP contribution in [0.1, 0.15) is 28.0 Å². The molecule has 6 nitrogen and oxygen atoms in total. The van der Waals surface area contributed by atoms with Gasteiger partial charge in [-0.1, -0.05) is 12.1 Å². The first-order valence-electron chi connectivity index (χ1n) is 7.95. The highest BCUT2D eigenvalue weighted by atomic mass is 16.5. The lowest BCUT2D eigenvalue weighted by Gasteiger charge is -2.24.